The first kappa shape index (κ1) is 56.2. The number of piperazine rings is 1. The average Bonchev–Trinajstić information content (AvgIpc) is 4.07. The number of hydrogen-bond acceptors (Lipinski definition) is 15. The first-order chi connectivity index (χ1) is 37.2. The molecule has 3 atom stereocenters. The van der Waals surface area contributed by atoms with Crippen molar-refractivity contribution in [2.45, 2.75) is 85.2 Å². The lowest BCUT2D eigenvalue weighted by molar-refractivity contribution is -0.142. The monoisotopic (exact) mass is 1070 g/mol. The molecule has 0 saturated carbocycles. The second kappa shape index (κ2) is 26.9. The highest BCUT2D eigenvalue weighted by Crippen LogP contribution is 2.29. The van der Waals surface area contributed by atoms with Gasteiger partial charge in [-0.05, 0) is 96.9 Å². The molecule has 2 saturated heterocycles. The van der Waals surface area contributed by atoms with Gasteiger partial charge in [-0.15, -0.1) is 11.3 Å². The Labute approximate surface area is 455 Å². The van der Waals surface area contributed by atoms with Gasteiger partial charge in [0.05, 0.1) is 60.2 Å². The van der Waals surface area contributed by atoms with Crippen molar-refractivity contribution < 1.29 is 33.8 Å². The molecule has 5 heterocycles. The maximum Gasteiger partial charge on any atom is 0.255 e. The summed E-state index contributed by atoms with van der Waals surface area (Å²) < 4.78 is 11.5. The van der Waals surface area contributed by atoms with Gasteiger partial charge in [-0.1, -0.05) is 63.2 Å². The Morgan fingerprint density at radius 2 is 1.60 bits per heavy atom. The quantitative estimate of drug-likeness (QED) is 0.0408. The topological polar surface area (TPSA) is 216 Å². The van der Waals surface area contributed by atoms with Crippen molar-refractivity contribution in [2.75, 3.05) is 76.3 Å². The van der Waals surface area contributed by atoms with Gasteiger partial charge in [0, 0.05) is 99.9 Å². The van der Waals surface area contributed by atoms with Gasteiger partial charge in [0.15, 0.2) is 0 Å². The Bertz CT molecular complexity index is 2910. The van der Waals surface area contributed by atoms with Crippen LogP contribution in [0.1, 0.15) is 72.8 Å². The van der Waals surface area contributed by atoms with Gasteiger partial charge in [0.2, 0.25) is 23.7 Å². The minimum atomic E-state index is -0.785. The average molecular weight is 1070 g/mol. The number of pyridine rings is 1. The summed E-state index contributed by atoms with van der Waals surface area (Å²) in [5.74, 6) is -0.213. The number of anilines is 3. The van der Waals surface area contributed by atoms with E-state index < -0.39 is 23.6 Å². The SMILES string of the molecule is Cc1ccc(NC(=O)c2ccc(CN3CCN(C(=O)CCOCCOCCCNC(C(=O)N4CC(O)CC4C(=O)NCc4ccc(-c5scnc5C)cc4)C(C)(C)C)CC3)cc2)cc1Nc1nccc(-c2cccnc2)n1. The predicted molar refractivity (Wildman–Crippen MR) is 298 cm³/mol. The summed E-state index contributed by atoms with van der Waals surface area (Å²) in [6, 6.07) is 25.6. The lowest BCUT2D eigenvalue weighted by Crippen LogP contribution is -2.56. The van der Waals surface area contributed by atoms with Crippen LogP contribution in [0, 0.1) is 19.3 Å². The molecule has 3 aromatic heterocycles. The van der Waals surface area contributed by atoms with Crippen LogP contribution in [0.25, 0.3) is 21.7 Å². The molecule has 4 amide bonds. The summed E-state index contributed by atoms with van der Waals surface area (Å²) >= 11 is 1.59. The van der Waals surface area contributed by atoms with Gasteiger partial charge in [-0.25, -0.2) is 15.0 Å². The summed E-state index contributed by atoms with van der Waals surface area (Å²) in [5, 5.41) is 23.3. The number of ether oxygens (including phenoxy) is 2. The zero-order valence-corrected chi connectivity index (χ0v) is 45.5. The molecule has 0 aliphatic carbocycles. The lowest BCUT2D eigenvalue weighted by Gasteiger charge is -2.35. The highest BCUT2D eigenvalue weighted by atomic mass is 32.1. The van der Waals surface area contributed by atoms with E-state index in [9.17, 15) is 24.3 Å². The van der Waals surface area contributed by atoms with Gasteiger partial charge < -0.3 is 45.6 Å². The normalized spacial score (nSPS) is 16.3. The van der Waals surface area contributed by atoms with Crippen LogP contribution in [0.4, 0.5) is 17.3 Å². The van der Waals surface area contributed by atoms with Crippen LogP contribution < -0.4 is 21.3 Å². The number of likely N-dealkylation sites (tertiary alicyclic amines) is 1. The number of aliphatic hydroxyl groups excluding tert-OH is 1. The van der Waals surface area contributed by atoms with Crippen molar-refractivity contribution in [1.82, 2.24) is 45.3 Å². The molecule has 3 unspecified atom stereocenters. The number of carbonyl (C=O) groups is 4. The van der Waals surface area contributed by atoms with Crippen molar-refractivity contribution in [3.05, 3.63) is 137 Å². The molecule has 0 bridgehead atoms. The van der Waals surface area contributed by atoms with Crippen LogP contribution in [0.15, 0.2) is 109 Å². The first-order valence-corrected chi connectivity index (χ1v) is 27.2. The molecule has 0 radical (unpaired) electrons. The molecule has 6 aromatic rings. The number of β-amino-alcohol motifs (C(OH)–C–C–N with tert-alkyl or cyclic N) is 1. The number of benzene rings is 3. The zero-order valence-electron chi connectivity index (χ0n) is 44.7. The summed E-state index contributed by atoms with van der Waals surface area (Å²) in [7, 11) is 0. The third-order valence-corrected chi connectivity index (χ3v) is 14.7. The highest BCUT2D eigenvalue weighted by molar-refractivity contribution is 7.13. The Morgan fingerprint density at radius 3 is 2.31 bits per heavy atom. The van der Waals surface area contributed by atoms with Crippen LogP contribution in [-0.4, -0.2) is 147 Å². The summed E-state index contributed by atoms with van der Waals surface area (Å²) in [4.78, 5) is 78.1. The third-order valence-electron chi connectivity index (χ3n) is 13.8. The molecular formula is C58H71N11O7S. The van der Waals surface area contributed by atoms with Gasteiger partial charge in [-0.2, -0.15) is 0 Å². The van der Waals surface area contributed by atoms with Crippen LogP contribution in [0.2, 0.25) is 0 Å². The van der Waals surface area contributed by atoms with Crippen LogP contribution in [0.5, 0.6) is 0 Å². The van der Waals surface area contributed by atoms with Crippen LogP contribution in [0.3, 0.4) is 0 Å². The second-order valence-corrected chi connectivity index (χ2v) is 21.5. The van der Waals surface area contributed by atoms with E-state index in [1.54, 1.807) is 29.9 Å². The number of nitrogens with one attached hydrogen (secondary N) is 4. The van der Waals surface area contributed by atoms with E-state index in [2.05, 4.69) is 46.1 Å². The van der Waals surface area contributed by atoms with E-state index in [1.807, 2.05) is 130 Å². The van der Waals surface area contributed by atoms with Gasteiger partial charge in [0.25, 0.3) is 5.91 Å². The standard InChI is InChI=1S/C58H71N11O7S/c1-39-9-18-46(32-49(39)66-57-61-23-19-48(65-57)45-8-6-21-59-35-45)64-54(72)44-16-12-42(13-17-44)36-67-24-26-68(27-25-67)51(71)20-29-76-31-30-75-28-7-22-60-53(58(3,4)5)56(74)69-37-47(70)33-50(69)55(73)62-34-41-10-14-43(15-11-41)52-40(2)63-38-77-52/h6,8-19,21,23,32,35,38,47,50,53,60,70H,7,20,22,24-31,33-34,36-37H2,1-5H3,(H,62,73)(H,64,72)(H,61,65,66). The molecule has 2 fully saturated rings. The number of amides is 4. The van der Waals surface area contributed by atoms with Crippen LogP contribution >= 0.6 is 11.3 Å². The van der Waals surface area contributed by atoms with Crippen molar-refractivity contribution in [3.63, 3.8) is 0 Å². The fourth-order valence-corrected chi connectivity index (χ4v) is 10.2. The van der Waals surface area contributed by atoms with Crippen molar-refractivity contribution in [2.24, 2.45) is 5.41 Å². The van der Waals surface area contributed by atoms with Crippen molar-refractivity contribution >= 4 is 52.3 Å². The number of thiazole rings is 1. The molecule has 2 aliphatic heterocycles. The molecule has 18 nitrogen and oxygen atoms in total. The number of nitrogens with zero attached hydrogens (tertiary/aromatic N) is 7. The van der Waals surface area contributed by atoms with E-state index in [0.717, 1.165) is 62.9 Å². The summed E-state index contributed by atoms with van der Waals surface area (Å²) in [5.41, 5.74) is 10.0. The van der Waals surface area contributed by atoms with E-state index in [0.29, 0.717) is 89.2 Å². The Kier molecular flexibility index (Phi) is 19.6. The molecule has 0 spiro atoms. The minimum absolute atomic E-state index is 0.0642. The molecule has 3 aromatic carbocycles. The number of hydrogen-bond donors (Lipinski definition) is 5. The van der Waals surface area contributed by atoms with Crippen LogP contribution in [-0.2, 0) is 36.9 Å². The molecule has 2 aliphatic rings. The Morgan fingerprint density at radius 1 is 0.844 bits per heavy atom. The van der Waals surface area contributed by atoms with E-state index in [-0.39, 0.29) is 36.6 Å². The number of aromatic nitrogens is 4. The third kappa shape index (κ3) is 15.8. The molecule has 77 heavy (non-hydrogen) atoms. The Hall–Kier alpha value is -7.00. The van der Waals surface area contributed by atoms with Gasteiger partial charge in [0.1, 0.15) is 6.04 Å². The maximum atomic E-state index is 14.0. The predicted octanol–water partition coefficient (Wildman–Crippen LogP) is 7.01. The van der Waals surface area contributed by atoms with Crippen molar-refractivity contribution in [1.29, 1.82) is 0 Å². The smallest absolute Gasteiger partial charge is 0.255 e. The first-order valence-electron chi connectivity index (χ1n) is 26.3. The molecule has 8 rings (SSSR count). The minimum Gasteiger partial charge on any atom is -0.391 e. The molecule has 19 heteroatoms. The molecule has 5 N–H and O–H groups in total. The second-order valence-electron chi connectivity index (χ2n) is 20.6. The maximum absolute atomic E-state index is 14.0. The summed E-state index contributed by atoms with van der Waals surface area (Å²) in [6.07, 6.45) is 5.51. The number of aryl methyl sites for hydroxylation is 2. The summed E-state index contributed by atoms with van der Waals surface area (Å²) in [6.45, 7) is 15.8. The fraction of sp³-hybridized carbons (Fsp3) is 0.414. The van der Waals surface area contributed by atoms with Gasteiger partial charge >= 0.3 is 0 Å². The number of rotatable bonds is 23. The molecular weight excluding hydrogens is 995 g/mol. The van der Waals surface area contributed by atoms with E-state index in [1.165, 1.54) is 4.90 Å². The lowest BCUT2D eigenvalue weighted by atomic mass is 9.85. The highest BCUT2D eigenvalue weighted by Gasteiger charge is 2.43. The van der Waals surface area contributed by atoms with E-state index >= 15 is 0 Å². The largest absolute Gasteiger partial charge is 0.391 e. The number of aliphatic hydroxyl groups is 1. The van der Waals surface area contributed by atoms with Crippen molar-refractivity contribution in [3.8, 4) is 21.7 Å². The van der Waals surface area contributed by atoms with E-state index in [4.69, 9.17) is 9.47 Å². The fourth-order valence-electron chi connectivity index (χ4n) is 9.38. The number of carbonyl (C=O) groups excluding carboxylic acids is 4. The van der Waals surface area contributed by atoms with Gasteiger partial charge in [-0.3, -0.25) is 29.1 Å². The Balaban J connectivity index is 0.676. The molecule has 406 valence electrons. The zero-order chi connectivity index (χ0) is 54.3.